The normalized spacial score (nSPS) is 10.4. The molecule has 0 radical (unpaired) electrons. The van der Waals surface area contributed by atoms with Crippen LogP contribution in [-0.4, -0.2) is 13.2 Å². The average Bonchev–Trinajstić information content (AvgIpc) is 2.49. The smallest absolute Gasteiger partial charge is 0.130 e. The lowest BCUT2D eigenvalue weighted by Gasteiger charge is -2.08. The van der Waals surface area contributed by atoms with Crippen molar-refractivity contribution in [3.05, 3.63) is 59.4 Å². The van der Waals surface area contributed by atoms with Crippen molar-refractivity contribution in [2.75, 3.05) is 13.2 Å². The van der Waals surface area contributed by atoms with Crippen molar-refractivity contribution < 1.29 is 13.9 Å². The molecule has 2 aromatic carbocycles. The van der Waals surface area contributed by atoms with Gasteiger partial charge in [-0.3, -0.25) is 0 Å². The molecule has 0 saturated carbocycles. The number of benzene rings is 2. The molecule has 0 spiro atoms. The van der Waals surface area contributed by atoms with Crippen LogP contribution in [0, 0.1) is 5.82 Å². The number of hydrogen-bond acceptors (Lipinski definition) is 2. The predicted octanol–water partition coefficient (Wildman–Crippen LogP) is 4.41. The van der Waals surface area contributed by atoms with E-state index in [0.29, 0.717) is 30.9 Å². The van der Waals surface area contributed by atoms with Crippen molar-refractivity contribution in [1.82, 2.24) is 0 Å². The zero-order valence-corrected chi connectivity index (χ0v) is 12.6. The summed E-state index contributed by atoms with van der Waals surface area (Å²) in [5, 5.41) is 0. The highest BCUT2D eigenvalue weighted by molar-refractivity contribution is 5.29. The number of hydrogen-bond donors (Lipinski definition) is 0. The lowest BCUT2D eigenvalue weighted by Crippen LogP contribution is -2.02. The predicted molar refractivity (Wildman–Crippen MR) is 82.6 cm³/mol. The summed E-state index contributed by atoms with van der Waals surface area (Å²) in [6.07, 6.45) is 1.47. The molecule has 0 aliphatic carbocycles. The zero-order valence-electron chi connectivity index (χ0n) is 12.6. The maximum atomic E-state index is 13.6. The number of ether oxygens (including phenoxy) is 2. The molecule has 0 unspecified atom stereocenters. The fourth-order valence-corrected chi connectivity index (χ4v) is 2.11. The molecule has 0 atom stereocenters. The van der Waals surface area contributed by atoms with Crippen LogP contribution in [0.1, 0.15) is 25.0 Å². The molecule has 2 aromatic rings. The van der Waals surface area contributed by atoms with E-state index in [9.17, 15) is 4.39 Å². The molecule has 0 fully saturated rings. The lowest BCUT2D eigenvalue weighted by molar-refractivity contribution is 0.319. The Morgan fingerprint density at radius 2 is 1.62 bits per heavy atom. The van der Waals surface area contributed by atoms with Crippen LogP contribution in [0.4, 0.5) is 4.39 Å². The van der Waals surface area contributed by atoms with Crippen molar-refractivity contribution in [1.29, 1.82) is 0 Å². The molecule has 0 aliphatic heterocycles. The van der Waals surface area contributed by atoms with Crippen molar-refractivity contribution >= 4 is 0 Å². The topological polar surface area (TPSA) is 18.5 Å². The largest absolute Gasteiger partial charge is 0.494 e. The third kappa shape index (κ3) is 4.48. The first-order valence-electron chi connectivity index (χ1n) is 7.36. The number of rotatable bonds is 7. The number of aryl methyl sites for hydroxylation is 1. The standard InChI is InChI=1S/C18H21FO2/c1-3-15-7-10-17(13-18(15)19)21-12-11-14-5-8-16(9-6-14)20-4-2/h5-10,13H,3-4,11-12H2,1-2H3. The van der Waals surface area contributed by atoms with E-state index in [1.807, 2.05) is 44.2 Å². The SMILES string of the molecule is CCOc1ccc(CCOc2ccc(CC)c(F)c2)cc1. The van der Waals surface area contributed by atoms with Crippen LogP contribution >= 0.6 is 0 Å². The van der Waals surface area contributed by atoms with Gasteiger partial charge in [0.15, 0.2) is 0 Å². The highest BCUT2D eigenvalue weighted by atomic mass is 19.1. The molecule has 0 N–H and O–H groups in total. The number of halogens is 1. The minimum Gasteiger partial charge on any atom is -0.494 e. The lowest BCUT2D eigenvalue weighted by atomic mass is 10.1. The van der Waals surface area contributed by atoms with Crippen LogP contribution in [0.2, 0.25) is 0 Å². The van der Waals surface area contributed by atoms with Crippen LogP contribution in [0.5, 0.6) is 11.5 Å². The molecule has 0 saturated heterocycles. The van der Waals surface area contributed by atoms with Gasteiger partial charge in [-0.05, 0) is 42.7 Å². The summed E-state index contributed by atoms with van der Waals surface area (Å²) in [6.45, 7) is 5.09. The fraction of sp³-hybridized carbons (Fsp3) is 0.333. The van der Waals surface area contributed by atoms with E-state index in [4.69, 9.17) is 9.47 Å². The van der Waals surface area contributed by atoms with Crippen molar-refractivity contribution in [2.45, 2.75) is 26.7 Å². The fourth-order valence-electron chi connectivity index (χ4n) is 2.11. The van der Waals surface area contributed by atoms with Crippen LogP contribution in [0.25, 0.3) is 0 Å². The maximum Gasteiger partial charge on any atom is 0.130 e. The van der Waals surface area contributed by atoms with Gasteiger partial charge in [-0.25, -0.2) is 4.39 Å². The summed E-state index contributed by atoms with van der Waals surface area (Å²) in [6, 6.07) is 13.0. The Morgan fingerprint density at radius 3 is 2.24 bits per heavy atom. The molecular weight excluding hydrogens is 267 g/mol. The van der Waals surface area contributed by atoms with Crippen LogP contribution in [0.3, 0.4) is 0 Å². The van der Waals surface area contributed by atoms with Crippen LogP contribution in [-0.2, 0) is 12.8 Å². The Bertz CT molecular complexity index is 564. The monoisotopic (exact) mass is 288 g/mol. The summed E-state index contributed by atoms with van der Waals surface area (Å²) in [5.74, 6) is 1.26. The Morgan fingerprint density at radius 1 is 0.905 bits per heavy atom. The van der Waals surface area contributed by atoms with Gasteiger partial charge in [-0.1, -0.05) is 25.1 Å². The molecule has 112 valence electrons. The van der Waals surface area contributed by atoms with E-state index in [1.54, 1.807) is 6.07 Å². The quantitative estimate of drug-likeness (QED) is 0.751. The summed E-state index contributed by atoms with van der Waals surface area (Å²) >= 11 is 0. The molecular formula is C18H21FO2. The second-order valence-corrected chi connectivity index (χ2v) is 4.78. The minimum atomic E-state index is -0.198. The van der Waals surface area contributed by atoms with Gasteiger partial charge in [0.05, 0.1) is 13.2 Å². The average molecular weight is 288 g/mol. The second kappa shape index (κ2) is 7.67. The molecule has 2 nitrogen and oxygen atoms in total. The third-order valence-electron chi connectivity index (χ3n) is 3.30. The van der Waals surface area contributed by atoms with Crippen LogP contribution in [0.15, 0.2) is 42.5 Å². The molecule has 0 heterocycles. The summed E-state index contributed by atoms with van der Waals surface area (Å²) in [5.41, 5.74) is 1.89. The first-order chi connectivity index (χ1) is 10.2. The van der Waals surface area contributed by atoms with Gasteiger partial charge in [0.1, 0.15) is 17.3 Å². The first kappa shape index (κ1) is 15.4. The van der Waals surface area contributed by atoms with Gasteiger partial charge >= 0.3 is 0 Å². The molecule has 0 bridgehead atoms. The highest BCUT2D eigenvalue weighted by Gasteiger charge is 2.03. The van der Waals surface area contributed by atoms with E-state index >= 15 is 0 Å². The van der Waals surface area contributed by atoms with E-state index in [0.717, 1.165) is 12.2 Å². The van der Waals surface area contributed by atoms with Gasteiger partial charge < -0.3 is 9.47 Å². The van der Waals surface area contributed by atoms with E-state index < -0.39 is 0 Å². The van der Waals surface area contributed by atoms with Gasteiger partial charge in [-0.2, -0.15) is 0 Å². The molecule has 3 heteroatoms. The van der Waals surface area contributed by atoms with E-state index in [2.05, 4.69) is 0 Å². The molecule has 21 heavy (non-hydrogen) atoms. The molecule has 2 rings (SSSR count). The zero-order chi connectivity index (χ0) is 15.1. The Hall–Kier alpha value is -2.03. The van der Waals surface area contributed by atoms with E-state index in [-0.39, 0.29) is 5.82 Å². The molecule has 0 aliphatic rings. The van der Waals surface area contributed by atoms with Crippen molar-refractivity contribution in [3.63, 3.8) is 0 Å². The summed E-state index contributed by atoms with van der Waals surface area (Å²) in [4.78, 5) is 0. The van der Waals surface area contributed by atoms with Gasteiger partial charge in [-0.15, -0.1) is 0 Å². The minimum absolute atomic E-state index is 0.198. The summed E-state index contributed by atoms with van der Waals surface area (Å²) in [7, 11) is 0. The highest BCUT2D eigenvalue weighted by Crippen LogP contribution is 2.18. The van der Waals surface area contributed by atoms with Gasteiger partial charge in [0.2, 0.25) is 0 Å². The van der Waals surface area contributed by atoms with Crippen molar-refractivity contribution in [3.8, 4) is 11.5 Å². The van der Waals surface area contributed by atoms with Crippen LogP contribution < -0.4 is 9.47 Å². The molecule has 0 amide bonds. The Labute approximate surface area is 125 Å². The first-order valence-corrected chi connectivity index (χ1v) is 7.36. The summed E-state index contributed by atoms with van der Waals surface area (Å²) < 4.78 is 24.6. The Balaban J connectivity index is 1.85. The second-order valence-electron chi connectivity index (χ2n) is 4.78. The third-order valence-corrected chi connectivity index (χ3v) is 3.30. The van der Waals surface area contributed by atoms with E-state index in [1.165, 1.54) is 11.6 Å². The van der Waals surface area contributed by atoms with Gasteiger partial charge in [0, 0.05) is 12.5 Å². The molecule has 0 aromatic heterocycles. The van der Waals surface area contributed by atoms with Crippen molar-refractivity contribution in [2.24, 2.45) is 0 Å². The Kier molecular flexibility index (Phi) is 5.61. The van der Waals surface area contributed by atoms with Gasteiger partial charge in [0.25, 0.3) is 0 Å². The maximum absolute atomic E-state index is 13.6.